The summed E-state index contributed by atoms with van der Waals surface area (Å²) >= 11 is -0.113. The van der Waals surface area contributed by atoms with Gasteiger partial charge in [-0.15, -0.1) is 5.10 Å². The number of pyridine rings is 1. The molecule has 2 heterocycles. The number of carbonyl (C=O) groups is 1. The van der Waals surface area contributed by atoms with E-state index in [-0.39, 0.29) is 15.6 Å². The summed E-state index contributed by atoms with van der Waals surface area (Å²) in [6, 6.07) is 3.57. The minimum atomic E-state index is -5.88. The van der Waals surface area contributed by atoms with Gasteiger partial charge in [-0.25, -0.2) is 14.1 Å². The van der Waals surface area contributed by atoms with Crippen molar-refractivity contribution in [3.05, 3.63) is 52.0 Å². The molecule has 10 nitrogen and oxygen atoms in total. The lowest BCUT2D eigenvalue weighted by atomic mass is 10.2. The van der Waals surface area contributed by atoms with Crippen LogP contribution < -0.4 is 5.32 Å². The van der Waals surface area contributed by atoms with Crippen LogP contribution in [0, 0.1) is 15.9 Å². The SMILES string of the molecule is Cn1nnnc1Sc1ccc([N+](=O)[O-])cc1C(=O)Nc1ncc(SC(F)(F)C(F)(F)F)cc1F. The molecule has 0 aliphatic heterocycles. The fraction of sp³-hybridized carbons (Fsp3) is 0.188. The van der Waals surface area contributed by atoms with E-state index in [4.69, 9.17) is 0 Å². The van der Waals surface area contributed by atoms with Gasteiger partial charge >= 0.3 is 11.4 Å². The summed E-state index contributed by atoms with van der Waals surface area (Å²) in [7, 11) is 1.49. The molecule has 180 valence electrons. The van der Waals surface area contributed by atoms with Crippen LogP contribution in [0.5, 0.6) is 0 Å². The van der Waals surface area contributed by atoms with Crippen LogP contribution in [0.15, 0.2) is 45.4 Å². The van der Waals surface area contributed by atoms with Crippen molar-refractivity contribution >= 4 is 40.9 Å². The number of thioether (sulfide) groups is 1. The number of hydrogen-bond donors (Lipinski definition) is 1. The Hall–Kier alpha value is -3.41. The van der Waals surface area contributed by atoms with Crippen LogP contribution >= 0.6 is 23.5 Å². The predicted octanol–water partition coefficient (Wildman–Crippen LogP) is 4.30. The normalized spacial score (nSPS) is 12.0. The molecule has 3 rings (SSSR count). The van der Waals surface area contributed by atoms with Gasteiger partial charge in [-0.3, -0.25) is 14.9 Å². The summed E-state index contributed by atoms with van der Waals surface area (Å²) in [4.78, 5) is 25.7. The number of amides is 1. The maximum absolute atomic E-state index is 14.3. The van der Waals surface area contributed by atoms with Crippen LogP contribution in [0.1, 0.15) is 10.4 Å². The molecule has 0 fully saturated rings. The number of benzene rings is 1. The first-order chi connectivity index (χ1) is 15.8. The Morgan fingerprint density at radius 1 is 1.21 bits per heavy atom. The zero-order chi connectivity index (χ0) is 25.3. The molecule has 0 unspecified atom stereocenters. The number of nitro benzene ring substituents is 1. The Bertz CT molecular complexity index is 1250. The highest BCUT2D eigenvalue weighted by atomic mass is 32.2. The van der Waals surface area contributed by atoms with E-state index in [9.17, 15) is 41.3 Å². The number of non-ortho nitro benzene ring substituents is 1. The minimum absolute atomic E-state index is 0.137. The molecule has 34 heavy (non-hydrogen) atoms. The number of halogens is 6. The highest BCUT2D eigenvalue weighted by Gasteiger charge is 2.58. The molecule has 0 saturated carbocycles. The zero-order valence-electron chi connectivity index (χ0n) is 16.4. The average molecular weight is 525 g/mol. The van der Waals surface area contributed by atoms with Gasteiger partial charge in [0.15, 0.2) is 11.6 Å². The van der Waals surface area contributed by atoms with Crippen LogP contribution in [-0.4, -0.2) is 47.5 Å². The molecule has 0 spiro atoms. The second kappa shape index (κ2) is 9.45. The topological polar surface area (TPSA) is 129 Å². The third-order valence-electron chi connectivity index (χ3n) is 3.83. The van der Waals surface area contributed by atoms with Gasteiger partial charge in [0.2, 0.25) is 5.16 Å². The maximum atomic E-state index is 14.3. The van der Waals surface area contributed by atoms with Gasteiger partial charge in [-0.05, 0) is 46.1 Å². The first kappa shape index (κ1) is 25.2. The fourth-order valence-electron chi connectivity index (χ4n) is 2.25. The van der Waals surface area contributed by atoms with Gasteiger partial charge in [-0.2, -0.15) is 22.0 Å². The Labute approximate surface area is 193 Å². The van der Waals surface area contributed by atoms with Gasteiger partial charge in [0, 0.05) is 35.2 Å². The lowest BCUT2D eigenvalue weighted by molar-refractivity contribution is -0.384. The van der Waals surface area contributed by atoms with Crippen molar-refractivity contribution in [2.75, 3.05) is 5.32 Å². The van der Waals surface area contributed by atoms with E-state index >= 15 is 0 Å². The van der Waals surface area contributed by atoms with Crippen molar-refractivity contribution < 1.29 is 36.1 Å². The molecule has 3 aromatic rings. The number of alkyl halides is 5. The van der Waals surface area contributed by atoms with Gasteiger partial charge in [0.25, 0.3) is 11.6 Å². The van der Waals surface area contributed by atoms with Crippen LogP contribution in [0.3, 0.4) is 0 Å². The number of nitro groups is 1. The van der Waals surface area contributed by atoms with E-state index in [1.807, 2.05) is 5.32 Å². The first-order valence-corrected chi connectivity index (χ1v) is 10.2. The Kier molecular flexibility index (Phi) is 7.01. The van der Waals surface area contributed by atoms with Crippen molar-refractivity contribution in [2.24, 2.45) is 7.05 Å². The summed E-state index contributed by atoms with van der Waals surface area (Å²) in [6.45, 7) is 0. The van der Waals surface area contributed by atoms with Crippen LogP contribution in [0.2, 0.25) is 0 Å². The van der Waals surface area contributed by atoms with Crippen molar-refractivity contribution in [3.8, 4) is 0 Å². The van der Waals surface area contributed by atoms with Crippen LogP contribution in [0.4, 0.5) is 37.8 Å². The summed E-state index contributed by atoms with van der Waals surface area (Å²) in [5.41, 5.74) is -0.773. The van der Waals surface area contributed by atoms with Crippen molar-refractivity contribution in [1.82, 2.24) is 25.2 Å². The molecule has 1 N–H and O–H groups in total. The molecule has 0 saturated heterocycles. The van der Waals surface area contributed by atoms with E-state index in [1.54, 1.807) is 0 Å². The third kappa shape index (κ3) is 5.56. The highest BCUT2D eigenvalue weighted by molar-refractivity contribution is 8.00. The molecule has 1 aromatic carbocycles. The predicted molar refractivity (Wildman–Crippen MR) is 105 cm³/mol. The second-order valence-electron chi connectivity index (χ2n) is 6.20. The van der Waals surface area contributed by atoms with Crippen molar-refractivity contribution in [2.45, 2.75) is 26.4 Å². The number of rotatable bonds is 7. The molecular weight excluding hydrogens is 516 g/mol. The minimum Gasteiger partial charge on any atom is -0.304 e. The first-order valence-electron chi connectivity index (χ1n) is 8.57. The molecule has 0 radical (unpaired) electrons. The highest BCUT2D eigenvalue weighted by Crippen LogP contribution is 2.47. The molecule has 18 heteroatoms. The lowest BCUT2D eigenvalue weighted by Gasteiger charge is -2.18. The van der Waals surface area contributed by atoms with Crippen LogP contribution in [0.25, 0.3) is 0 Å². The monoisotopic (exact) mass is 525 g/mol. The number of nitrogens with zero attached hydrogens (tertiary/aromatic N) is 6. The van der Waals surface area contributed by atoms with Gasteiger partial charge in [-0.1, -0.05) is 0 Å². The largest absolute Gasteiger partial charge is 0.464 e. The van der Waals surface area contributed by atoms with E-state index in [1.165, 1.54) is 17.8 Å². The second-order valence-corrected chi connectivity index (χ2v) is 8.39. The third-order valence-corrected chi connectivity index (χ3v) is 5.88. The summed E-state index contributed by atoms with van der Waals surface area (Å²) in [6.07, 6.45) is -5.37. The number of carbonyl (C=O) groups excluding carboxylic acids is 1. The zero-order valence-corrected chi connectivity index (χ0v) is 18.0. The van der Waals surface area contributed by atoms with Crippen molar-refractivity contribution in [1.29, 1.82) is 0 Å². The number of aromatic nitrogens is 5. The Morgan fingerprint density at radius 2 is 1.91 bits per heavy atom. The fourth-order valence-corrected chi connectivity index (χ4v) is 3.77. The van der Waals surface area contributed by atoms with Crippen LogP contribution in [-0.2, 0) is 7.05 Å². The summed E-state index contributed by atoms with van der Waals surface area (Å²) in [5, 5.41) is 18.8. The van der Waals surface area contributed by atoms with Gasteiger partial charge < -0.3 is 5.32 Å². The summed E-state index contributed by atoms with van der Waals surface area (Å²) in [5.74, 6) is -3.28. The Balaban J connectivity index is 1.88. The van der Waals surface area contributed by atoms with E-state index in [0.717, 1.165) is 23.9 Å². The summed E-state index contributed by atoms with van der Waals surface area (Å²) < 4.78 is 78.9. The molecule has 0 aliphatic rings. The van der Waals surface area contributed by atoms with E-state index < -0.39 is 56.2 Å². The number of aryl methyl sites for hydroxylation is 1. The smallest absolute Gasteiger partial charge is 0.304 e. The molecule has 0 atom stereocenters. The number of nitrogens with one attached hydrogen (secondary N) is 1. The standard InChI is InChI=1S/C16H9F6N7O3S2/c1-28-14(25-26-27-28)33-11-3-2-7(29(31)32)4-9(11)13(30)24-12-10(17)5-8(6-23-12)34-16(21,22)15(18,19)20/h2-6H,1H3,(H,23,24,30). The average Bonchev–Trinajstić information content (AvgIpc) is 3.13. The molecule has 1 amide bonds. The molecular formula is C16H9F6N7O3S2. The maximum Gasteiger partial charge on any atom is 0.464 e. The van der Waals surface area contributed by atoms with E-state index in [0.29, 0.717) is 12.3 Å². The van der Waals surface area contributed by atoms with E-state index in [2.05, 4.69) is 20.5 Å². The number of anilines is 1. The van der Waals surface area contributed by atoms with Gasteiger partial charge in [0.05, 0.1) is 10.5 Å². The molecule has 0 aliphatic carbocycles. The number of tetrazole rings is 1. The molecule has 2 aromatic heterocycles. The quantitative estimate of drug-likeness (QED) is 0.208. The van der Waals surface area contributed by atoms with Gasteiger partial charge in [0.1, 0.15) is 0 Å². The van der Waals surface area contributed by atoms with Crippen molar-refractivity contribution in [3.63, 3.8) is 0 Å². The number of hydrogen-bond acceptors (Lipinski definition) is 9. The molecule has 0 bridgehead atoms. The Morgan fingerprint density at radius 3 is 2.47 bits per heavy atom. The lowest BCUT2D eigenvalue weighted by Crippen LogP contribution is -2.32.